The first-order valence-corrected chi connectivity index (χ1v) is 10.1. The minimum Gasteiger partial charge on any atom is -0.508 e. The maximum atomic E-state index is 11.2. The molecule has 1 aliphatic heterocycles. The molecule has 150 valence electrons. The molecule has 1 fully saturated rings. The molecule has 0 aliphatic carbocycles. The van der Waals surface area contributed by atoms with Gasteiger partial charge in [-0.15, -0.1) is 0 Å². The van der Waals surface area contributed by atoms with E-state index in [0.717, 1.165) is 36.2 Å². The van der Waals surface area contributed by atoms with E-state index < -0.39 is 5.60 Å². The van der Waals surface area contributed by atoms with Crippen molar-refractivity contribution in [1.82, 2.24) is 4.90 Å². The van der Waals surface area contributed by atoms with Crippen LogP contribution in [-0.2, 0) is 12.0 Å². The van der Waals surface area contributed by atoms with E-state index in [2.05, 4.69) is 4.90 Å². The van der Waals surface area contributed by atoms with Crippen LogP contribution in [0, 0.1) is 0 Å². The van der Waals surface area contributed by atoms with Crippen LogP contribution in [0.4, 0.5) is 0 Å². The molecule has 1 aliphatic rings. The van der Waals surface area contributed by atoms with E-state index >= 15 is 0 Å². The summed E-state index contributed by atoms with van der Waals surface area (Å²) in [4.78, 5) is 2.41. The SMILES string of the molecule is Oc1ccc(CC(c2ccc(O)cc2)N2CCC(O)(c3ccccc3)CC2)cc1. The van der Waals surface area contributed by atoms with E-state index in [1.165, 1.54) is 0 Å². The van der Waals surface area contributed by atoms with Gasteiger partial charge >= 0.3 is 0 Å². The Bertz CT molecular complexity index is 915. The number of aromatic hydroxyl groups is 2. The van der Waals surface area contributed by atoms with Crippen LogP contribution >= 0.6 is 0 Å². The molecular weight excluding hydrogens is 362 g/mol. The summed E-state index contributed by atoms with van der Waals surface area (Å²) in [6.07, 6.45) is 2.16. The highest BCUT2D eigenvalue weighted by molar-refractivity contribution is 5.32. The molecule has 0 spiro atoms. The van der Waals surface area contributed by atoms with Gasteiger partial charge in [0, 0.05) is 19.1 Å². The highest BCUT2D eigenvalue weighted by Crippen LogP contribution is 2.37. The summed E-state index contributed by atoms with van der Waals surface area (Å²) in [5.74, 6) is 0.523. The second kappa shape index (κ2) is 8.27. The lowest BCUT2D eigenvalue weighted by atomic mass is 9.83. The van der Waals surface area contributed by atoms with E-state index in [1.54, 1.807) is 24.3 Å². The lowest BCUT2D eigenvalue weighted by Crippen LogP contribution is -2.44. The van der Waals surface area contributed by atoms with E-state index in [4.69, 9.17) is 0 Å². The molecule has 1 saturated heterocycles. The standard InChI is InChI=1S/C25H27NO3/c27-22-10-6-19(7-11-22)18-24(20-8-12-23(28)13-9-20)26-16-14-25(29,15-17-26)21-4-2-1-3-5-21/h1-13,24,27-29H,14-18H2. The van der Waals surface area contributed by atoms with Crippen LogP contribution in [0.5, 0.6) is 11.5 Å². The number of piperidine rings is 1. The molecule has 3 aromatic rings. The summed E-state index contributed by atoms with van der Waals surface area (Å²) >= 11 is 0. The average molecular weight is 389 g/mol. The summed E-state index contributed by atoms with van der Waals surface area (Å²) in [7, 11) is 0. The van der Waals surface area contributed by atoms with Crippen LogP contribution in [0.3, 0.4) is 0 Å². The number of hydrogen-bond acceptors (Lipinski definition) is 4. The molecule has 29 heavy (non-hydrogen) atoms. The molecule has 4 heteroatoms. The molecular formula is C25H27NO3. The Morgan fingerprint density at radius 2 is 1.31 bits per heavy atom. The molecule has 4 nitrogen and oxygen atoms in total. The highest BCUT2D eigenvalue weighted by Gasteiger charge is 2.36. The topological polar surface area (TPSA) is 63.9 Å². The molecule has 4 rings (SSSR count). The van der Waals surface area contributed by atoms with E-state index in [0.29, 0.717) is 12.8 Å². The van der Waals surface area contributed by atoms with E-state index in [-0.39, 0.29) is 17.5 Å². The van der Waals surface area contributed by atoms with Gasteiger partial charge < -0.3 is 15.3 Å². The second-order valence-electron chi connectivity index (χ2n) is 7.91. The van der Waals surface area contributed by atoms with Crippen LogP contribution in [0.15, 0.2) is 78.9 Å². The number of hydrogen-bond donors (Lipinski definition) is 3. The molecule has 0 radical (unpaired) electrons. The van der Waals surface area contributed by atoms with Crippen LogP contribution < -0.4 is 0 Å². The fraction of sp³-hybridized carbons (Fsp3) is 0.280. The number of rotatable bonds is 5. The fourth-order valence-corrected chi connectivity index (χ4v) is 4.25. The van der Waals surface area contributed by atoms with Crippen LogP contribution in [0.2, 0.25) is 0 Å². The van der Waals surface area contributed by atoms with Crippen molar-refractivity contribution in [3.8, 4) is 11.5 Å². The number of aliphatic hydroxyl groups is 1. The molecule has 1 heterocycles. The zero-order valence-electron chi connectivity index (χ0n) is 16.4. The number of phenolic OH excluding ortho intramolecular Hbond substituents is 2. The summed E-state index contributed by atoms with van der Waals surface area (Å²) in [5.41, 5.74) is 2.49. The smallest absolute Gasteiger partial charge is 0.115 e. The maximum Gasteiger partial charge on any atom is 0.115 e. The van der Waals surface area contributed by atoms with E-state index in [1.807, 2.05) is 54.6 Å². The van der Waals surface area contributed by atoms with Gasteiger partial charge in [-0.1, -0.05) is 54.6 Å². The van der Waals surface area contributed by atoms with Crippen molar-refractivity contribution < 1.29 is 15.3 Å². The Hall–Kier alpha value is -2.82. The Morgan fingerprint density at radius 3 is 1.90 bits per heavy atom. The monoisotopic (exact) mass is 389 g/mol. The normalized spacial score (nSPS) is 17.7. The summed E-state index contributed by atoms with van der Waals surface area (Å²) in [5, 5.41) is 30.5. The molecule has 0 saturated carbocycles. The summed E-state index contributed by atoms with van der Waals surface area (Å²) in [6, 6.07) is 24.8. The Morgan fingerprint density at radius 1 is 0.759 bits per heavy atom. The largest absolute Gasteiger partial charge is 0.508 e. The molecule has 3 aromatic carbocycles. The molecule has 0 bridgehead atoms. The van der Waals surface area contributed by atoms with Crippen molar-refractivity contribution in [2.24, 2.45) is 0 Å². The molecule has 0 amide bonds. The van der Waals surface area contributed by atoms with Gasteiger partial charge in [0.1, 0.15) is 11.5 Å². The van der Waals surface area contributed by atoms with Gasteiger partial charge in [0.05, 0.1) is 5.60 Å². The van der Waals surface area contributed by atoms with Gasteiger partial charge in [-0.25, -0.2) is 0 Å². The third-order valence-electron chi connectivity index (χ3n) is 6.02. The van der Waals surface area contributed by atoms with Gasteiger partial charge in [0.15, 0.2) is 0 Å². The first-order valence-electron chi connectivity index (χ1n) is 10.1. The van der Waals surface area contributed by atoms with Gasteiger partial charge in [-0.2, -0.15) is 0 Å². The number of benzene rings is 3. The van der Waals surface area contributed by atoms with Gasteiger partial charge in [0.2, 0.25) is 0 Å². The number of nitrogens with zero attached hydrogens (tertiary/aromatic N) is 1. The van der Waals surface area contributed by atoms with Crippen molar-refractivity contribution in [1.29, 1.82) is 0 Å². The molecule has 0 aromatic heterocycles. The summed E-state index contributed by atoms with van der Waals surface area (Å²) < 4.78 is 0. The van der Waals surface area contributed by atoms with Crippen LogP contribution in [-0.4, -0.2) is 33.3 Å². The van der Waals surface area contributed by atoms with Crippen LogP contribution in [0.1, 0.15) is 35.6 Å². The Kier molecular flexibility index (Phi) is 5.56. The van der Waals surface area contributed by atoms with Crippen molar-refractivity contribution in [2.45, 2.75) is 30.9 Å². The fourth-order valence-electron chi connectivity index (χ4n) is 4.25. The van der Waals surface area contributed by atoms with Crippen molar-refractivity contribution >= 4 is 0 Å². The van der Waals surface area contributed by atoms with Crippen molar-refractivity contribution in [3.63, 3.8) is 0 Å². The minimum absolute atomic E-state index is 0.139. The second-order valence-corrected chi connectivity index (χ2v) is 7.91. The molecule has 1 unspecified atom stereocenters. The maximum absolute atomic E-state index is 11.2. The van der Waals surface area contributed by atoms with E-state index in [9.17, 15) is 15.3 Å². The first kappa shape index (κ1) is 19.5. The Balaban J connectivity index is 1.55. The van der Waals surface area contributed by atoms with Crippen molar-refractivity contribution in [2.75, 3.05) is 13.1 Å². The predicted octanol–water partition coefficient (Wildman–Crippen LogP) is 4.37. The van der Waals surface area contributed by atoms with Crippen LogP contribution in [0.25, 0.3) is 0 Å². The Labute approximate surface area is 171 Å². The average Bonchev–Trinajstić information content (AvgIpc) is 2.76. The third-order valence-corrected chi connectivity index (χ3v) is 6.02. The summed E-state index contributed by atoms with van der Waals surface area (Å²) in [6.45, 7) is 1.57. The highest BCUT2D eigenvalue weighted by atomic mass is 16.3. The number of likely N-dealkylation sites (tertiary alicyclic amines) is 1. The van der Waals surface area contributed by atoms with Gasteiger partial charge in [-0.05, 0) is 60.2 Å². The third kappa shape index (κ3) is 4.44. The zero-order chi connectivity index (χ0) is 20.3. The predicted molar refractivity (Wildman–Crippen MR) is 114 cm³/mol. The zero-order valence-corrected chi connectivity index (χ0v) is 16.4. The minimum atomic E-state index is -0.782. The quantitative estimate of drug-likeness (QED) is 0.606. The lowest BCUT2D eigenvalue weighted by molar-refractivity contribution is -0.0361. The lowest BCUT2D eigenvalue weighted by Gasteiger charge is -2.42. The number of phenols is 2. The molecule has 1 atom stereocenters. The van der Waals surface area contributed by atoms with Gasteiger partial charge in [0.25, 0.3) is 0 Å². The molecule has 3 N–H and O–H groups in total. The first-order chi connectivity index (χ1) is 14.0. The van der Waals surface area contributed by atoms with Crippen molar-refractivity contribution in [3.05, 3.63) is 95.6 Å². The van der Waals surface area contributed by atoms with Gasteiger partial charge in [-0.3, -0.25) is 4.90 Å².